The van der Waals surface area contributed by atoms with Crippen LogP contribution in [0.2, 0.25) is 0 Å². The number of hydrogen-bond donors (Lipinski definition) is 2. The van der Waals surface area contributed by atoms with Gasteiger partial charge in [0.15, 0.2) is 5.96 Å². The molecule has 110 valence electrons. The normalized spacial score (nSPS) is 19.1. The molecule has 4 nitrogen and oxygen atoms in total. The molecule has 0 amide bonds. The minimum Gasteiger partial charge on any atom is -0.376 e. The second-order valence-corrected chi connectivity index (χ2v) is 5.02. The Labute approximate surface area is 121 Å². The first-order chi connectivity index (χ1) is 9.88. The molecule has 1 aliphatic rings. The molecule has 0 aromatic heterocycles. The largest absolute Gasteiger partial charge is 0.376 e. The first-order valence-electron chi connectivity index (χ1n) is 7.56. The average molecular weight is 275 g/mol. The third-order valence-electron chi connectivity index (χ3n) is 3.37. The summed E-state index contributed by atoms with van der Waals surface area (Å²) in [5.74, 6) is 0.888. The zero-order valence-corrected chi connectivity index (χ0v) is 12.3. The number of aliphatic imine (C=N–C) groups is 1. The predicted molar refractivity (Wildman–Crippen MR) is 83.1 cm³/mol. The third-order valence-corrected chi connectivity index (χ3v) is 3.37. The van der Waals surface area contributed by atoms with E-state index < -0.39 is 0 Å². The third kappa shape index (κ3) is 5.21. The van der Waals surface area contributed by atoms with Crippen molar-refractivity contribution in [2.45, 2.75) is 32.3 Å². The summed E-state index contributed by atoms with van der Waals surface area (Å²) < 4.78 is 5.59. The molecule has 1 fully saturated rings. The van der Waals surface area contributed by atoms with Gasteiger partial charge in [-0.25, -0.2) is 0 Å². The van der Waals surface area contributed by atoms with Gasteiger partial charge in [0.05, 0.1) is 12.6 Å². The van der Waals surface area contributed by atoms with Crippen LogP contribution in [0.25, 0.3) is 0 Å². The van der Waals surface area contributed by atoms with Gasteiger partial charge in [-0.15, -0.1) is 0 Å². The molecular formula is C16H25N3O. The van der Waals surface area contributed by atoms with E-state index in [4.69, 9.17) is 4.74 Å². The van der Waals surface area contributed by atoms with Crippen molar-refractivity contribution in [3.05, 3.63) is 35.9 Å². The van der Waals surface area contributed by atoms with Crippen LogP contribution in [0.3, 0.4) is 0 Å². The zero-order chi connectivity index (χ0) is 14.0. The second kappa shape index (κ2) is 8.59. The number of nitrogens with one attached hydrogen (secondary N) is 2. The van der Waals surface area contributed by atoms with Crippen LogP contribution in [0.5, 0.6) is 0 Å². The Balaban J connectivity index is 1.74. The highest BCUT2D eigenvalue weighted by Gasteiger charge is 2.14. The van der Waals surface area contributed by atoms with Crippen molar-refractivity contribution in [2.75, 3.05) is 26.2 Å². The van der Waals surface area contributed by atoms with E-state index in [2.05, 4.69) is 46.8 Å². The maximum atomic E-state index is 5.59. The predicted octanol–water partition coefficient (Wildman–Crippen LogP) is 1.96. The lowest BCUT2D eigenvalue weighted by Gasteiger charge is -2.12. The second-order valence-electron chi connectivity index (χ2n) is 5.02. The smallest absolute Gasteiger partial charge is 0.191 e. The summed E-state index contributed by atoms with van der Waals surface area (Å²) in [7, 11) is 0. The van der Waals surface area contributed by atoms with Crippen LogP contribution >= 0.6 is 0 Å². The topological polar surface area (TPSA) is 45.7 Å². The fraction of sp³-hybridized carbons (Fsp3) is 0.562. The maximum Gasteiger partial charge on any atom is 0.191 e. The number of hydrogen-bond acceptors (Lipinski definition) is 2. The summed E-state index contributed by atoms with van der Waals surface area (Å²) >= 11 is 0. The summed E-state index contributed by atoms with van der Waals surface area (Å²) in [5, 5.41) is 6.65. The van der Waals surface area contributed by atoms with E-state index in [9.17, 15) is 0 Å². The van der Waals surface area contributed by atoms with Crippen LogP contribution in [-0.4, -0.2) is 38.3 Å². The molecule has 4 heteroatoms. The summed E-state index contributed by atoms with van der Waals surface area (Å²) in [6, 6.07) is 10.5. The number of rotatable bonds is 6. The van der Waals surface area contributed by atoms with Crippen LogP contribution in [0.1, 0.15) is 25.3 Å². The number of nitrogens with zero attached hydrogens (tertiary/aromatic N) is 1. The van der Waals surface area contributed by atoms with Gasteiger partial charge in [-0.3, -0.25) is 4.99 Å². The Kier molecular flexibility index (Phi) is 6.38. The highest BCUT2D eigenvalue weighted by Crippen LogP contribution is 2.11. The molecule has 20 heavy (non-hydrogen) atoms. The van der Waals surface area contributed by atoms with E-state index in [-0.39, 0.29) is 0 Å². The van der Waals surface area contributed by atoms with Crippen LogP contribution in [0.15, 0.2) is 35.3 Å². The first-order valence-corrected chi connectivity index (χ1v) is 7.56. The van der Waals surface area contributed by atoms with Crippen LogP contribution in [0, 0.1) is 0 Å². The molecule has 0 saturated carbocycles. The molecule has 1 unspecified atom stereocenters. The quantitative estimate of drug-likeness (QED) is 0.616. The van der Waals surface area contributed by atoms with Crippen molar-refractivity contribution in [3.8, 4) is 0 Å². The monoisotopic (exact) mass is 275 g/mol. The molecule has 1 aliphatic heterocycles. The van der Waals surface area contributed by atoms with Gasteiger partial charge >= 0.3 is 0 Å². The highest BCUT2D eigenvalue weighted by molar-refractivity contribution is 5.79. The zero-order valence-electron chi connectivity index (χ0n) is 12.3. The van der Waals surface area contributed by atoms with Crippen molar-refractivity contribution < 1.29 is 4.74 Å². The SMILES string of the molecule is CCNC(=NCC1CCCO1)NCCc1ccccc1. The van der Waals surface area contributed by atoms with E-state index in [1.54, 1.807) is 0 Å². The Morgan fingerprint density at radius 1 is 1.30 bits per heavy atom. The summed E-state index contributed by atoms with van der Waals surface area (Å²) in [4.78, 5) is 4.60. The van der Waals surface area contributed by atoms with Crippen molar-refractivity contribution in [3.63, 3.8) is 0 Å². The van der Waals surface area contributed by atoms with Crippen molar-refractivity contribution >= 4 is 5.96 Å². The molecule has 0 radical (unpaired) electrons. The fourth-order valence-corrected chi connectivity index (χ4v) is 2.29. The average Bonchev–Trinajstić information content (AvgIpc) is 2.99. The first kappa shape index (κ1) is 14.9. The lowest BCUT2D eigenvalue weighted by Crippen LogP contribution is -2.38. The molecule has 1 aromatic carbocycles. The molecule has 2 N–H and O–H groups in total. The van der Waals surface area contributed by atoms with Gasteiger partial charge in [-0.2, -0.15) is 0 Å². The van der Waals surface area contributed by atoms with E-state index in [1.807, 2.05) is 6.07 Å². The van der Waals surface area contributed by atoms with Gasteiger partial charge in [-0.05, 0) is 31.7 Å². The number of ether oxygens (including phenoxy) is 1. The summed E-state index contributed by atoms with van der Waals surface area (Å²) in [5.41, 5.74) is 1.34. The van der Waals surface area contributed by atoms with Gasteiger partial charge in [0.2, 0.25) is 0 Å². The van der Waals surface area contributed by atoms with Crippen molar-refractivity contribution in [1.82, 2.24) is 10.6 Å². The molecule has 0 bridgehead atoms. The van der Waals surface area contributed by atoms with Gasteiger partial charge in [0.25, 0.3) is 0 Å². The molecule has 1 heterocycles. The number of benzene rings is 1. The number of guanidine groups is 1. The van der Waals surface area contributed by atoms with E-state index in [0.717, 1.165) is 51.5 Å². The summed E-state index contributed by atoms with van der Waals surface area (Å²) in [6.07, 6.45) is 3.61. The van der Waals surface area contributed by atoms with Crippen molar-refractivity contribution in [2.24, 2.45) is 4.99 Å². The molecule has 1 saturated heterocycles. The minimum atomic E-state index is 0.305. The highest BCUT2D eigenvalue weighted by atomic mass is 16.5. The maximum absolute atomic E-state index is 5.59. The fourth-order valence-electron chi connectivity index (χ4n) is 2.29. The van der Waals surface area contributed by atoms with Crippen molar-refractivity contribution in [1.29, 1.82) is 0 Å². The Bertz CT molecular complexity index is 399. The van der Waals surface area contributed by atoms with Crippen LogP contribution in [-0.2, 0) is 11.2 Å². The van der Waals surface area contributed by atoms with Gasteiger partial charge in [0, 0.05) is 19.7 Å². The molecule has 0 spiro atoms. The molecular weight excluding hydrogens is 250 g/mol. The van der Waals surface area contributed by atoms with E-state index in [1.165, 1.54) is 5.56 Å². The van der Waals surface area contributed by atoms with Crippen LogP contribution < -0.4 is 10.6 Å². The van der Waals surface area contributed by atoms with E-state index >= 15 is 0 Å². The Morgan fingerprint density at radius 3 is 2.85 bits per heavy atom. The lowest BCUT2D eigenvalue weighted by molar-refractivity contribution is 0.117. The van der Waals surface area contributed by atoms with Crippen LogP contribution in [0.4, 0.5) is 0 Å². The summed E-state index contributed by atoms with van der Waals surface area (Å²) in [6.45, 7) is 5.49. The van der Waals surface area contributed by atoms with Gasteiger partial charge in [0.1, 0.15) is 0 Å². The standard InChI is InChI=1S/C16H25N3O/c1-2-17-16(19-13-15-9-6-12-20-15)18-11-10-14-7-4-3-5-8-14/h3-5,7-8,15H,2,6,9-13H2,1H3,(H2,17,18,19). The molecule has 0 aliphatic carbocycles. The van der Waals surface area contributed by atoms with Gasteiger partial charge < -0.3 is 15.4 Å². The Hall–Kier alpha value is -1.55. The minimum absolute atomic E-state index is 0.305. The Morgan fingerprint density at radius 2 is 2.15 bits per heavy atom. The molecule has 1 aromatic rings. The van der Waals surface area contributed by atoms with E-state index in [0.29, 0.717) is 6.10 Å². The molecule has 2 rings (SSSR count). The van der Waals surface area contributed by atoms with Gasteiger partial charge in [-0.1, -0.05) is 30.3 Å². The lowest BCUT2D eigenvalue weighted by atomic mass is 10.1. The molecule has 1 atom stereocenters.